The Morgan fingerprint density at radius 1 is 0.611 bits per heavy atom. The number of allylic oxidation sites excluding steroid dienone is 4. The van der Waals surface area contributed by atoms with Gasteiger partial charge < -0.3 is 0 Å². The van der Waals surface area contributed by atoms with E-state index in [0.717, 1.165) is 0 Å². The summed E-state index contributed by atoms with van der Waals surface area (Å²) in [6.45, 7) is 22.2. The maximum atomic E-state index is 2.47. The van der Waals surface area contributed by atoms with E-state index in [2.05, 4.69) is 86.6 Å². The van der Waals surface area contributed by atoms with E-state index >= 15 is 0 Å². The first kappa shape index (κ1) is 15.8. The van der Waals surface area contributed by atoms with Crippen LogP contribution in [0.3, 0.4) is 0 Å². The van der Waals surface area contributed by atoms with Crippen LogP contribution in [0.1, 0.15) is 62.3 Å². The summed E-state index contributed by atoms with van der Waals surface area (Å²) >= 11 is 0. The van der Waals surface area contributed by atoms with Crippen LogP contribution < -0.4 is 0 Å². The van der Waals surface area contributed by atoms with Crippen LogP contribution in [-0.4, -0.2) is 8.07 Å². The third kappa shape index (κ3) is 2.15. The van der Waals surface area contributed by atoms with Crippen molar-refractivity contribution in [2.24, 2.45) is 0 Å². The zero-order chi connectivity index (χ0) is 14.4. The average molecular weight is 265 g/mol. The molecule has 0 unspecified atom stereocenters. The zero-order valence-electron chi connectivity index (χ0n) is 13.9. The van der Waals surface area contributed by atoms with Gasteiger partial charge in [-0.05, 0) is 20.7 Å². The molecular formula is C17H32Si. The maximum absolute atomic E-state index is 2.47. The molecule has 0 aromatic rings. The van der Waals surface area contributed by atoms with Crippen LogP contribution in [-0.2, 0) is 0 Å². The fourth-order valence-electron chi connectivity index (χ4n) is 5.60. The highest BCUT2D eigenvalue weighted by atomic mass is 28.3. The van der Waals surface area contributed by atoms with E-state index in [4.69, 9.17) is 0 Å². The van der Waals surface area contributed by atoms with Crippen LogP contribution >= 0.6 is 0 Å². The summed E-state index contributed by atoms with van der Waals surface area (Å²) in [5, 5.41) is 1.15. The molecule has 0 aromatic carbocycles. The van der Waals surface area contributed by atoms with Gasteiger partial charge in [-0.2, -0.15) is 0 Å². The molecule has 0 fully saturated rings. The lowest BCUT2D eigenvalue weighted by atomic mass is 10.2. The van der Waals surface area contributed by atoms with Gasteiger partial charge in [-0.3, -0.25) is 0 Å². The van der Waals surface area contributed by atoms with Gasteiger partial charge in [-0.25, -0.2) is 0 Å². The lowest BCUT2D eigenvalue weighted by molar-refractivity contribution is 0.523. The number of hydrogen-bond acceptors (Lipinski definition) is 0. The zero-order valence-corrected chi connectivity index (χ0v) is 14.9. The minimum atomic E-state index is -1.64. The Balaban J connectivity index is 3.57. The van der Waals surface area contributed by atoms with Gasteiger partial charge in [-0.15, -0.1) is 0 Å². The Morgan fingerprint density at radius 3 is 1.11 bits per heavy atom. The molecule has 1 heteroatoms. The summed E-state index contributed by atoms with van der Waals surface area (Å²) in [6.07, 6.45) is 9.40. The summed E-state index contributed by atoms with van der Waals surface area (Å²) < 4.78 is 0. The van der Waals surface area contributed by atoms with Crippen molar-refractivity contribution in [3.8, 4) is 0 Å². The van der Waals surface area contributed by atoms with Gasteiger partial charge in [0.2, 0.25) is 0 Å². The molecule has 0 atom stereocenters. The van der Waals surface area contributed by atoms with Gasteiger partial charge in [0.05, 0.1) is 8.07 Å². The van der Waals surface area contributed by atoms with Crippen molar-refractivity contribution in [3.05, 3.63) is 24.3 Å². The second kappa shape index (κ2) is 4.37. The molecular weight excluding hydrogens is 232 g/mol. The molecule has 18 heavy (non-hydrogen) atoms. The van der Waals surface area contributed by atoms with E-state index in [1.807, 2.05) is 0 Å². The van der Waals surface area contributed by atoms with E-state index < -0.39 is 8.07 Å². The normalized spacial score (nSPS) is 18.7. The number of rotatable bonds is 1. The summed E-state index contributed by atoms with van der Waals surface area (Å²) in [6, 6.07) is 0. The summed E-state index contributed by atoms with van der Waals surface area (Å²) in [5.41, 5.74) is 0.664. The topological polar surface area (TPSA) is 0 Å². The minimum Gasteiger partial charge on any atom is -0.0803 e. The Bertz CT molecular complexity index is 305. The summed E-state index contributed by atoms with van der Waals surface area (Å²) in [7, 11) is -1.64. The van der Waals surface area contributed by atoms with Gasteiger partial charge in [-0.1, -0.05) is 86.6 Å². The first-order chi connectivity index (χ1) is 7.86. The van der Waals surface area contributed by atoms with Crippen molar-refractivity contribution in [1.82, 2.24) is 0 Å². The van der Waals surface area contributed by atoms with E-state index in [0.29, 0.717) is 20.7 Å². The summed E-state index contributed by atoms with van der Waals surface area (Å²) in [5.74, 6) is 0. The van der Waals surface area contributed by atoms with Gasteiger partial charge in [0.15, 0.2) is 0 Å². The van der Waals surface area contributed by atoms with Gasteiger partial charge in [0.25, 0.3) is 0 Å². The van der Waals surface area contributed by atoms with E-state index in [-0.39, 0.29) is 0 Å². The molecule has 0 spiro atoms. The molecule has 1 rings (SSSR count). The molecule has 1 aliphatic carbocycles. The fourth-order valence-corrected chi connectivity index (χ4v) is 16.1. The molecule has 0 N–H and O–H groups in total. The highest BCUT2D eigenvalue weighted by Gasteiger charge is 2.62. The Labute approximate surface area is 116 Å². The van der Waals surface area contributed by atoms with Crippen molar-refractivity contribution in [1.29, 1.82) is 0 Å². The number of hydrogen-bond donors (Lipinski definition) is 0. The second-order valence-electron chi connectivity index (χ2n) is 8.85. The lowest BCUT2D eigenvalue weighted by Gasteiger charge is -2.62. The Kier molecular flexibility index (Phi) is 3.82. The largest absolute Gasteiger partial charge is 0.0807 e. The maximum Gasteiger partial charge on any atom is 0.0807 e. The molecule has 104 valence electrons. The van der Waals surface area contributed by atoms with Crippen LogP contribution in [0.4, 0.5) is 0 Å². The van der Waals surface area contributed by atoms with E-state index in [9.17, 15) is 0 Å². The van der Waals surface area contributed by atoms with Gasteiger partial charge in [0.1, 0.15) is 0 Å². The minimum absolute atomic E-state index is 0.382. The third-order valence-electron chi connectivity index (χ3n) is 4.80. The first-order valence-electron chi connectivity index (χ1n) is 7.21. The molecule has 0 aromatic heterocycles. The molecule has 0 aliphatic heterocycles. The monoisotopic (exact) mass is 264 g/mol. The SMILES string of the molecule is CC(C)(C)[Si](C1C=CC=C1)(C(C)(C)C)C(C)(C)C. The van der Waals surface area contributed by atoms with Crippen LogP contribution in [0.25, 0.3) is 0 Å². The van der Waals surface area contributed by atoms with Crippen molar-refractivity contribution >= 4 is 8.07 Å². The van der Waals surface area contributed by atoms with Crippen LogP contribution in [0, 0.1) is 0 Å². The third-order valence-corrected chi connectivity index (χ3v) is 13.3. The van der Waals surface area contributed by atoms with Crippen molar-refractivity contribution in [2.75, 3.05) is 0 Å². The molecule has 0 amide bonds. The first-order valence-corrected chi connectivity index (χ1v) is 9.28. The molecule has 0 radical (unpaired) electrons. The lowest BCUT2D eigenvalue weighted by Crippen LogP contribution is -2.60. The Morgan fingerprint density at radius 2 is 0.889 bits per heavy atom. The van der Waals surface area contributed by atoms with Gasteiger partial charge >= 0.3 is 0 Å². The highest BCUT2D eigenvalue weighted by molar-refractivity contribution is 6.89. The van der Waals surface area contributed by atoms with Crippen LogP contribution in [0.2, 0.25) is 20.7 Å². The molecule has 0 bridgehead atoms. The van der Waals surface area contributed by atoms with E-state index in [1.54, 1.807) is 0 Å². The predicted octanol–water partition coefficient (Wildman–Crippen LogP) is 6.33. The smallest absolute Gasteiger partial charge is 0.0803 e. The van der Waals surface area contributed by atoms with Crippen LogP contribution in [0.15, 0.2) is 24.3 Å². The quantitative estimate of drug-likeness (QED) is 0.485. The Hall–Kier alpha value is -0.303. The molecule has 0 saturated heterocycles. The molecule has 1 aliphatic rings. The van der Waals surface area contributed by atoms with Crippen molar-refractivity contribution < 1.29 is 0 Å². The van der Waals surface area contributed by atoms with Gasteiger partial charge in [0, 0.05) is 0 Å². The summed E-state index contributed by atoms with van der Waals surface area (Å²) in [4.78, 5) is 0. The molecule has 0 saturated carbocycles. The van der Waals surface area contributed by atoms with Crippen LogP contribution in [0.5, 0.6) is 0 Å². The molecule has 0 heterocycles. The van der Waals surface area contributed by atoms with Crippen molar-refractivity contribution in [2.45, 2.75) is 83.0 Å². The predicted molar refractivity (Wildman–Crippen MR) is 86.9 cm³/mol. The molecule has 0 nitrogen and oxygen atoms in total. The van der Waals surface area contributed by atoms with E-state index in [1.165, 1.54) is 0 Å². The van der Waals surface area contributed by atoms with Crippen molar-refractivity contribution in [3.63, 3.8) is 0 Å². The highest BCUT2D eigenvalue weighted by Crippen LogP contribution is 2.67. The average Bonchev–Trinajstić information content (AvgIpc) is 2.48. The second-order valence-corrected chi connectivity index (χ2v) is 15.6. The fraction of sp³-hybridized carbons (Fsp3) is 0.765. The standard InChI is InChI=1S/C17H32Si/c1-15(2,3)18(16(4,5)6,17(7,8)9)14-12-10-11-13-14/h10-14H,1-9H3.